The van der Waals surface area contributed by atoms with Gasteiger partial charge in [0.1, 0.15) is 0 Å². The molecule has 1 N–H and O–H groups in total. The maximum atomic E-state index is 13.2. The first kappa shape index (κ1) is 12.4. The van der Waals surface area contributed by atoms with Crippen LogP contribution in [0.1, 0.15) is 4.88 Å². The fourth-order valence-electron chi connectivity index (χ4n) is 1.41. The third-order valence-electron chi connectivity index (χ3n) is 2.25. The van der Waals surface area contributed by atoms with E-state index in [9.17, 15) is 4.39 Å². The molecule has 0 saturated heterocycles. The van der Waals surface area contributed by atoms with Crippen LogP contribution in [-0.2, 0) is 6.54 Å². The summed E-state index contributed by atoms with van der Waals surface area (Å²) in [5, 5.41) is 3.22. The van der Waals surface area contributed by atoms with E-state index in [4.69, 9.17) is 4.74 Å². The maximum absolute atomic E-state index is 13.2. The summed E-state index contributed by atoms with van der Waals surface area (Å²) in [6, 6.07) is 8.79. The topological polar surface area (TPSA) is 21.3 Å². The molecule has 2 rings (SSSR count). The van der Waals surface area contributed by atoms with E-state index in [0.717, 1.165) is 9.47 Å². The van der Waals surface area contributed by atoms with Crippen molar-refractivity contribution in [2.75, 3.05) is 12.4 Å². The van der Waals surface area contributed by atoms with E-state index in [1.165, 1.54) is 18.1 Å². The van der Waals surface area contributed by atoms with Crippen molar-refractivity contribution in [3.8, 4) is 5.75 Å². The quantitative estimate of drug-likeness (QED) is 0.909. The van der Waals surface area contributed by atoms with Gasteiger partial charge in [0.05, 0.1) is 10.9 Å². The second kappa shape index (κ2) is 5.51. The standard InChI is InChI=1S/C12H11BrFNOS/c1-16-11-6-8(2-4-10(11)14)15-7-9-3-5-12(13)17-9/h2-6,15H,7H2,1H3. The fourth-order valence-corrected chi connectivity index (χ4v) is 2.83. The zero-order chi connectivity index (χ0) is 12.3. The SMILES string of the molecule is COc1cc(NCc2ccc(Br)s2)ccc1F. The molecule has 0 aliphatic heterocycles. The Morgan fingerprint density at radius 3 is 2.82 bits per heavy atom. The highest BCUT2D eigenvalue weighted by atomic mass is 79.9. The number of thiophene rings is 1. The highest BCUT2D eigenvalue weighted by Crippen LogP contribution is 2.25. The Kier molecular flexibility index (Phi) is 4.02. The van der Waals surface area contributed by atoms with Crippen molar-refractivity contribution in [3.05, 3.63) is 44.8 Å². The molecule has 0 aliphatic carbocycles. The number of hydrogen-bond donors (Lipinski definition) is 1. The molecular formula is C12H11BrFNOS. The van der Waals surface area contributed by atoms with Gasteiger partial charge in [0.15, 0.2) is 11.6 Å². The monoisotopic (exact) mass is 315 g/mol. The Balaban J connectivity index is 2.04. The van der Waals surface area contributed by atoms with Gasteiger partial charge in [0.25, 0.3) is 0 Å². The third kappa shape index (κ3) is 3.20. The second-order valence-electron chi connectivity index (χ2n) is 3.41. The van der Waals surface area contributed by atoms with Gasteiger partial charge in [-0.1, -0.05) is 0 Å². The molecule has 2 aromatic rings. The smallest absolute Gasteiger partial charge is 0.165 e. The van der Waals surface area contributed by atoms with Crippen LogP contribution in [0.2, 0.25) is 0 Å². The number of methoxy groups -OCH3 is 1. The Morgan fingerprint density at radius 2 is 2.18 bits per heavy atom. The molecule has 5 heteroatoms. The molecule has 0 fully saturated rings. The molecule has 0 radical (unpaired) electrons. The number of rotatable bonds is 4. The molecule has 1 aromatic heterocycles. The minimum atomic E-state index is -0.350. The van der Waals surface area contributed by atoms with Gasteiger partial charge in [-0.25, -0.2) is 4.39 Å². The van der Waals surface area contributed by atoms with Gasteiger partial charge in [0, 0.05) is 23.2 Å². The van der Waals surface area contributed by atoms with Gasteiger partial charge >= 0.3 is 0 Å². The fraction of sp³-hybridized carbons (Fsp3) is 0.167. The molecular weight excluding hydrogens is 305 g/mol. The summed E-state index contributed by atoms with van der Waals surface area (Å²) in [5.74, 6) is -0.0979. The van der Waals surface area contributed by atoms with E-state index in [-0.39, 0.29) is 11.6 Å². The lowest BCUT2D eigenvalue weighted by Crippen LogP contribution is -1.98. The van der Waals surface area contributed by atoms with Gasteiger partial charge < -0.3 is 10.1 Å². The zero-order valence-electron chi connectivity index (χ0n) is 9.17. The first-order valence-corrected chi connectivity index (χ1v) is 6.61. The summed E-state index contributed by atoms with van der Waals surface area (Å²) < 4.78 is 19.2. The predicted molar refractivity (Wildman–Crippen MR) is 72.3 cm³/mol. The third-order valence-corrected chi connectivity index (χ3v) is 3.87. The summed E-state index contributed by atoms with van der Waals surface area (Å²) in [6.45, 7) is 0.713. The normalized spacial score (nSPS) is 10.3. The molecule has 0 bridgehead atoms. The van der Waals surface area contributed by atoms with E-state index in [0.29, 0.717) is 6.54 Å². The van der Waals surface area contributed by atoms with E-state index < -0.39 is 0 Å². The molecule has 90 valence electrons. The van der Waals surface area contributed by atoms with Crippen molar-refractivity contribution < 1.29 is 9.13 Å². The van der Waals surface area contributed by atoms with Crippen LogP contribution in [0.25, 0.3) is 0 Å². The molecule has 2 nitrogen and oxygen atoms in total. The van der Waals surface area contributed by atoms with Crippen LogP contribution >= 0.6 is 27.3 Å². The van der Waals surface area contributed by atoms with Gasteiger partial charge in [-0.3, -0.25) is 0 Å². The van der Waals surface area contributed by atoms with Crippen LogP contribution in [0.5, 0.6) is 5.75 Å². The van der Waals surface area contributed by atoms with Gasteiger partial charge in [-0.2, -0.15) is 0 Å². The van der Waals surface area contributed by atoms with Gasteiger partial charge in [-0.15, -0.1) is 11.3 Å². The van der Waals surface area contributed by atoms with Crippen LogP contribution in [0, 0.1) is 5.82 Å². The van der Waals surface area contributed by atoms with Crippen LogP contribution in [-0.4, -0.2) is 7.11 Å². The Hall–Kier alpha value is -1.07. The van der Waals surface area contributed by atoms with Crippen molar-refractivity contribution in [1.82, 2.24) is 0 Å². The molecule has 0 saturated carbocycles. The van der Waals surface area contributed by atoms with Crippen molar-refractivity contribution >= 4 is 33.0 Å². The molecule has 0 spiro atoms. The average molecular weight is 316 g/mol. The Labute approximate surface area is 112 Å². The molecule has 17 heavy (non-hydrogen) atoms. The number of hydrogen-bond acceptors (Lipinski definition) is 3. The molecule has 1 aromatic carbocycles. The van der Waals surface area contributed by atoms with E-state index >= 15 is 0 Å². The van der Waals surface area contributed by atoms with Crippen LogP contribution in [0.3, 0.4) is 0 Å². The van der Waals surface area contributed by atoms with Crippen molar-refractivity contribution in [3.63, 3.8) is 0 Å². The number of ether oxygens (including phenoxy) is 1. The van der Waals surface area contributed by atoms with E-state index in [1.807, 2.05) is 12.1 Å². The first-order valence-electron chi connectivity index (χ1n) is 5.00. The summed E-state index contributed by atoms with van der Waals surface area (Å²) in [5.41, 5.74) is 0.841. The number of benzene rings is 1. The Morgan fingerprint density at radius 1 is 1.35 bits per heavy atom. The lowest BCUT2D eigenvalue weighted by atomic mass is 10.3. The minimum absolute atomic E-state index is 0.252. The van der Waals surface area contributed by atoms with E-state index in [2.05, 4.69) is 21.2 Å². The highest BCUT2D eigenvalue weighted by Gasteiger charge is 2.03. The van der Waals surface area contributed by atoms with Crippen LogP contribution in [0.4, 0.5) is 10.1 Å². The Bertz CT molecular complexity index is 515. The first-order chi connectivity index (χ1) is 8.19. The van der Waals surface area contributed by atoms with Gasteiger partial charge in [0.2, 0.25) is 0 Å². The summed E-state index contributed by atoms with van der Waals surface area (Å²) in [6.07, 6.45) is 0. The summed E-state index contributed by atoms with van der Waals surface area (Å²) in [7, 11) is 1.46. The second-order valence-corrected chi connectivity index (χ2v) is 5.96. The van der Waals surface area contributed by atoms with Crippen LogP contribution < -0.4 is 10.1 Å². The minimum Gasteiger partial charge on any atom is -0.494 e. The average Bonchev–Trinajstić information content (AvgIpc) is 2.74. The predicted octanol–water partition coefficient (Wildman–Crippen LogP) is 4.27. The molecule has 0 aliphatic rings. The maximum Gasteiger partial charge on any atom is 0.165 e. The number of halogens is 2. The molecule has 0 unspecified atom stereocenters. The number of nitrogens with one attached hydrogen (secondary N) is 1. The van der Waals surface area contributed by atoms with Crippen LogP contribution in [0.15, 0.2) is 34.1 Å². The zero-order valence-corrected chi connectivity index (χ0v) is 11.6. The van der Waals surface area contributed by atoms with Crippen molar-refractivity contribution in [2.24, 2.45) is 0 Å². The van der Waals surface area contributed by atoms with E-state index in [1.54, 1.807) is 23.5 Å². The van der Waals surface area contributed by atoms with Gasteiger partial charge in [-0.05, 0) is 40.2 Å². The highest BCUT2D eigenvalue weighted by molar-refractivity contribution is 9.11. The lowest BCUT2D eigenvalue weighted by Gasteiger charge is -2.07. The molecule has 0 atom stereocenters. The van der Waals surface area contributed by atoms with Crippen molar-refractivity contribution in [1.29, 1.82) is 0 Å². The molecule has 1 heterocycles. The largest absolute Gasteiger partial charge is 0.494 e. The molecule has 0 amide bonds. The lowest BCUT2D eigenvalue weighted by molar-refractivity contribution is 0.387. The number of anilines is 1. The summed E-state index contributed by atoms with van der Waals surface area (Å²) >= 11 is 5.08. The van der Waals surface area contributed by atoms with Crippen molar-refractivity contribution in [2.45, 2.75) is 6.54 Å². The summed E-state index contributed by atoms with van der Waals surface area (Å²) in [4.78, 5) is 1.21.